The Morgan fingerprint density at radius 2 is 1.10 bits per heavy atom. The molecule has 2 aliphatic carbocycles. The first-order chi connectivity index (χ1) is 9.93. The van der Waals surface area contributed by atoms with Crippen LogP contribution in [0, 0.1) is 47.3 Å². The van der Waals surface area contributed by atoms with Crippen LogP contribution in [-0.2, 0) is 0 Å². The molecule has 0 aromatic heterocycles. The van der Waals surface area contributed by atoms with E-state index in [1.807, 2.05) is 0 Å². The van der Waals surface area contributed by atoms with E-state index >= 15 is 0 Å². The van der Waals surface area contributed by atoms with Crippen molar-refractivity contribution in [3.8, 4) is 0 Å². The van der Waals surface area contributed by atoms with Gasteiger partial charge in [-0.15, -0.1) is 0 Å². The van der Waals surface area contributed by atoms with Crippen molar-refractivity contribution in [2.24, 2.45) is 47.3 Å². The lowest BCUT2D eigenvalue weighted by Gasteiger charge is -2.52. The molecule has 21 heavy (non-hydrogen) atoms. The molecular formula is C21H40. The van der Waals surface area contributed by atoms with E-state index in [2.05, 4.69) is 41.5 Å². The van der Waals surface area contributed by atoms with Gasteiger partial charge in [-0.25, -0.2) is 0 Å². The maximum absolute atomic E-state index is 2.51. The summed E-state index contributed by atoms with van der Waals surface area (Å²) < 4.78 is 0. The van der Waals surface area contributed by atoms with Gasteiger partial charge in [-0.05, 0) is 60.2 Å². The third-order valence-electron chi connectivity index (χ3n) is 6.94. The topological polar surface area (TPSA) is 0 Å². The van der Waals surface area contributed by atoms with Crippen LogP contribution in [0.1, 0.15) is 86.5 Å². The second kappa shape index (κ2) is 7.51. The predicted molar refractivity (Wildman–Crippen MR) is 94.3 cm³/mol. The largest absolute Gasteiger partial charge is 0.0625 e. The standard InChI is InChI=1S/C21H40/c1-14(2)18-12-13-19(15(3)4)21(20(18)16(5)6)17-10-8-7-9-11-17/h14-21H,7-13H2,1-6H3. The van der Waals surface area contributed by atoms with Crippen molar-refractivity contribution in [1.29, 1.82) is 0 Å². The number of hydrogen-bond acceptors (Lipinski definition) is 0. The molecule has 0 aromatic rings. The minimum atomic E-state index is 0.867. The lowest BCUT2D eigenvalue weighted by Crippen LogP contribution is -2.45. The smallest absolute Gasteiger partial charge is 0.0321 e. The van der Waals surface area contributed by atoms with E-state index in [0.29, 0.717) is 0 Å². The van der Waals surface area contributed by atoms with Crippen LogP contribution in [0.4, 0.5) is 0 Å². The fourth-order valence-electron chi connectivity index (χ4n) is 6.02. The highest BCUT2D eigenvalue weighted by atomic mass is 14.5. The van der Waals surface area contributed by atoms with Crippen molar-refractivity contribution in [3.63, 3.8) is 0 Å². The van der Waals surface area contributed by atoms with Gasteiger partial charge in [0.1, 0.15) is 0 Å². The maximum atomic E-state index is 2.51. The molecule has 124 valence electrons. The van der Waals surface area contributed by atoms with E-state index in [4.69, 9.17) is 0 Å². The molecule has 0 heteroatoms. The summed E-state index contributed by atoms with van der Waals surface area (Å²) >= 11 is 0. The first-order valence-electron chi connectivity index (χ1n) is 9.93. The average Bonchev–Trinajstić information content (AvgIpc) is 2.46. The molecule has 0 nitrogen and oxygen atoms in total. The van der Waals surface area contributed by atoms with E-state index in [9.17, 15) is 0 Å². The highest BCUT2D eigenvalue weighted by Gasteiger charge is 2.45. The fourth-order valence-corrected chi connectivity index (χ4v) is 6.02. The van der Waals surface area contributed by atoms with Crippen LogP contribution in [-0.4, -0.2) is 0 Å². The molecule has 0 aromatic carbocycles. The fraction of sp³-hybridized carbons (Fsp3) is 1.00. The summed E-state index contributed by atoms with van der Waals surface area (Å²) in [4.78, 5) is 0. The minimum Gasteiger partial charge on any atom is -0.0625 e. The normalized spacial score (nSPS) is 35.9. The van der Waals surface area contributed by atoms with E-state index in [-0.39, 0.29) is 0 Å². The average molecular weight is 293 g/mol. The van der Waals surface area contributed by atoms with Crippen molar-refractivity contribution in [2.45, 2.75) is 86.5 Å². The summed E-state index contributed by atoms with van der Waals surface area (Å²) in [5, 5.41) is 0. The molecule has 0 spiro atoms. The molecule has 4 unspecified atom stereocenters. The van der Waals surface area contributed by atoms with Crippen LogP contribution >= 0.6 is 0 Å². The van der Waals surface area contributed by atoms with Crippen LogP contribution in [0.25, 0.3) is 0 Å². The summed E-state index contributed by atoms with van der Waals surface area (Å²) in [6.07, 6.45) is 10.6. The second-order valence-corrected chi connectivity index (χ2v) is 9.19. The van der Waals surface area contributed by atoms with Gasteiger partial charge < -0.3 is 0 Å². The molecule has 2 fully saturated rings. The highest BCUT2D eigenvalue weighted by molar-refractivity contribution is 4.94. The van der Waals surface area contributed by atoms with E-state index < -0.39 is 0 Å². The van der Waals surface area contributed by atoms with Gasteiger partial charge in [-0.1, -0.05) is 73.6 Å². The summed E-state index contributed by atoms with van der Waals surface area (Å²) in [5.41, 5.74) is 0. The molecule has 4 atom stereocenters. The molecule has 2 rings (SSSR count). The summed E-state index contributed by atoms with van der Waals surface area (Å²) in [6.45, 7) is 15.0. The van der Waals surface area contributed by atoms with Gasteiger partial charge in [-0.3, -0.25) is 0 Å². The number of rotatable bonds is 4. The quantitative estimate of drug-likeness (QED) is 0.535. The van der Waals surface area contributed by atoms with Gasteiger partial charge in [0.25, 0.3) is 0 Å². The molecular weight excluding hydrogens is 252 g/mol. The van der Waals surface area contributed by atoms with Crippen molar-refractivity contribution in [3.05, 3.63) is 0 Å². The van der Waals surface area contributed by atoms with Crippen LogP contribution in [0.2, 0.25) is 0 Å². The molecule has 0 heterocycles. The van der Waals surface area contributed by atoms with Crippen molar-refractivity contribution in [2.75, 3.05) is 0 Å². The summed E-state index contributed by atoms with van der Waals surface area (Å²) in [6, 6.07) is 0. The van der Waals surface area contributed by atoms with Crippen molar-refractivity contribution >= 4 is 0 Å². The molecule has 0 saturated heterocycles. The summed E-state index contributed by atoms with van der Waals surface area (Å²) in [5.74, 6) is 7.64. The maximum Gasteiger partial charge on any atom is -0.0321 e. The second-order valence-electron chi connectivity index (χ2n) is 9.19. The van der Waals surface area contributed by atoms with Crippen molar-refractivity contribution in [1.82, 2.24) is 0 Å². The lowest BCUT2D eigenvalue weighted by molar-refractivity contribution is -0.0312. The van der Waals surface area contributed by atoms with Gasteiger partial charge >= 0.3 is 0 Å². The summed E-state index contributed by atoms with van der Waals surface area (Å²) in [7, 11) is 0. The SMILES string of the molecule is CC(C)C1CCC(C(C)C)C(C2CCCCC2)C1C(C)C. The van der Waals surface area contributed by atoms with Gasteiger partial charge in [0.05, 0.1) is 0 Å². The van der Waals surface area contributed by atoms with Gasteiger partial charge in [-0.2, -0.15) is 0 Å². The molecule has 0 bridgehead atoms. The molecule has 0 aliphatic heterocycles. The molecule has 0 radical (unpaired) electrons. The van der Waals surface area contributed by atoms with Gasteiger partial charge in [0.15, 0.2) is 0 Å². The van der Waals surface area contributed by atoms with Gasteiger partial charge in [0, 0.05) is 0 Å². The Bertz CT molecular complexity index is 295. The van der Waals surface area contributed by atoms with Crippen LogP contribution in [0.5, 0.6) is 0 Å². The Kier molecular flexibility index (Phi) is 6.21. The third-order valence-corrected chi connectivity index (χ3v) is 6.94. The highest BCUT2D eigenvalue weighted by Crippen LogP contribution is 2.53. The zero-order valence-corrected chi connectivity index (χ0v) is 15.6. The third kappa shape index (κ3) is 3.85. The molecule has 0 amide bonds. The van der Waals surface area contributed by atoms with Crippen LogP contribution < -0.4 is 0 Å². The monoisotopic (exact) mass is 292 g/mol. The van der Waals surface area contributed by atoms with E-state index in [0.717, 1.165) is 47.3 Å². The molecule has 2 aliphatic rings. The van der Waals surface area contributed by atoms with Gasteiger partial charge in [0.2, 0.25) is 0 Å². The lowest BCUT2D eigenvalue weighted by atomic mass is 9.53. The van der Waals surface area contributed by atoms with E-state index in [1.54, 1.807) is 0 Å². The van der Waals surface area contributed by atoms with Crippen molar-refractivity contribution < 1.29 is 0 Å². The predicted octanol–water partition coefficient (Wildman–Crippen LogP) is 6.79. The first-order valence-corrected chi connectivity index (χ1v) is 9.93. The van der Waals surface area contributed by atoms with Crippen LogP contribution in [0.15, 0.2) is 0 Å². The minimum absolute atomic E-state index is 0.867. The Balaban J connectivity index is 2.27. The molecule has 2 saturated carbocycles. The Morgan fingerprint density at radius 3 is 1.57 bits per heavy atom. The Morgan fingerprint density at radius 1 is 0.571 bits per heavy atom. The van der Waals surface area contributed by atoms with E-state index in [1.165, 1.54) is 44.9 Å². The molecule has 0 N–H and O–H groups in total. The Labute approximate surface area is 134 Å². The van der Waals surface area contributed by atoms with Crippen LogP contribution in [0.3, 0.4) is 0 Å². The zero-order valence-electron chi connectivity index (χ0n) is 15.6. The number of hydrogen-bond donors (Lipinski definition) is 0. The first kappa shape index (κ1) is 17.4. The Hall–Kier alpha value is 0. The zero-order chi connectivity index (χ0) is 15.6.